The maximum absolute atomic E-state index is 13.2. The monoisotopic (exact) mass is 263 g/mol. The molecule has 100 valence electrons. The summed E-state index contributed by atoms with van der Waals surface area (Å²) in [6.07, 6.45) is 3.63. The van der Waals surface area contributed by atoms with Gasteiger partial charge in [-0.15, -0.1) is 0 Å². The van der Waals surface area contributed by atoms with Crippen molar-refractivity contribution in [3.05, 3.63) is 30.1 Å². The van der Waals surface area contributed by atoms with E-state index in [2.05, 4.69) is 9.98 Å². The van der Waals surface area contributed by atoms with Gasteiger partial charge >= 0.3 is 0 Å². The Balaban J connectivity index is 1.76. The fourth-order valence-corrected chi connectivity index (χ4v) is 2.42. The third-order valence-corrected chi connectivity index (χ3v) is 3.42. The van der Waals surface area contributed by atoms with E-state index in [-0.39, 0.29) is 12.5 Å². The highest BCUT2D eigenvalue weighted by Gasteiger charge is 2.39. The first kappa shape index (κ1) is 12.1. The van der Waals surface area contributed by atoms with Crippen molar-refractivity contribution < 1.29 is 13.9 Å². The molecule has 1 amide bonds. The number of alkyl halides is 1. The van der Waals surface area contributed by atoms with Crippen LogP contribution in [0.15, 0.2) is 29.5 Å². The van der Waals surface area contributed by atoms with Crippen LogP contribution in [0.3, 0.4) is 0 Å². The molecular formula is C13H14FN3O2. The molecule has 0 aliphatic carbocycles. The molecule has 0 unspecified atom stereocenters. The second-order valence-electron chi connectivity index (χ2n) is 4.71. The Labute approximate surface area is 110 Å². The summed E-state index contributed by atoms with van der Waals surface area (Å²) in [5.41, 5.74) is 0.800. The summed E-state index contributed by atoms with van der Waals surface area (Å²) < 4.78 is 18.6. The molecule has 3 atom stereocenters. The van der Waals surface area contributed by atoms with Gasteiger partial charge in [0.25, 0.3) is 5.91 Å². The first-order valence-electron chi connectivity index (χ1n) is 6.25. The number of aromatic nitrogens is 1. The van der Waals surface area contributed by atoms with Gasteiger partial charge < -0.3 is 9.64 Å². The molecule has 1 saturated heterocycles. The van der Waals surface area contributed by atoms with Gasteiger partial charge in [-0.05, 0) is 12.5 Å². The Hall–Kier alpha value is -1.98. The summed E-state index contributed by atoms with van der Waals surface area (Å²) in [6.45, 7) is 0.608. The quantitative estimate of drug-likeness (QED) is 0.803. The third-order valence-electron chi connectivity index (χ3n) is 3.42. The first-order valence-corrected chi connectivity index (χ1v) is 6.25. The van der Waals surface area contributed by atoms with Crippen molar-refractivity contribution in [1.29, 1.82) is 0 Å². The van der Waals surface area contributed by atoms with E-state index in [0.717, 1.165) is 5.56 Å². The molecule has 6 heteroatoms. The predicted octanol–water partition coefficient (Wildman–Crippen LogP) is 1.12. The Morgan fingerprint density at radius 3 is 3.11 bits per heavy atom. The summed E-state index contributed by atoms with van der Waals surface area (Å²) in [7, 11) is 0. The van der Waals surface area contributed by atoms with Gasteiger partial charge in [0, 0.05) is 24.5 Å². The highest BCUT2D eigenvalue weighted by molar-refractivity contribution is 5.85. The number of amides is 1. The standard InChI is InChI=1S/C13H14FN3O2/c14-10-3-5-17(7-10)13(18)11-12(19-8-16-11)9-2-1-4-15-6-9/h1-2,4,6,8,10-12H,3,5,7H2/t10-,11-,12+/m0/s1. The molecule has 0 aromatic carbocycles. The van der Waals surface area contributed by atoms with E-state index in [0.29, 0.717) is 13.0 Å². The van der Waals surface area contributed by atoms with Gasteiger partial charge in [0.15, 0.2) is 18.5 Å². The van der Waals surface area contributed by atoms with Crippen LogP contribution in [0.4, 0.5) is 4.39 Å². The van der Waals surface area contributed by atoms with E-state index in [1.54, 1.807) is 18.5 Å². The van der Waals surface area contributed by atoms with E-state index in [1.807, 2.05) is 6.07 Å². The van der Waals surface area contributed by atoms with Gasteiger partial charge in [-0.1, -0.05) is 6.07 Å². The average molecular weight is 263 g/mol. The molecule has 0 N–H and O–H groups in total. The largest absolute Gasteiger partial charge is 0.473 e. The topological polar surface area (TPSA) is 54.8 Å². The van der Waals surface area contributed by atoms with Crippen molar-refractivity contribution >= 4 is 12.3 Å². The van der Waals surface area contributed by atoms with E-state index in [9.17, 15) is 9.18 Å². The summed E-state index contributed by atoms with van der Waals surface area (Å²) in [4.78, 5) is 21.9. The molecule has 0 saturated carbocycles. The Morgan fingerprint density at radius 1 is 1.53 bits per heavy atom. The van der Waals surface area contributed by atoms with Crippen molar-refractivity contribution in [3.8, 4) is 0 Å². The number of carbonyl (C=O) groups excluding carboxylic acids is 1. The zero-order chi connectivity index (χ0) is 13.2. The Kier molecular flexibility index (Phi) is 3.15. The maximum atomic E-state index is 13.2. The zero-order valence-electron chi connectivity index (χ0n) is 10.3. The van der Waals surface area contributed by atoms with Gasteiger partial charge in [-0.2, -0.15) is 0 Å². The van der Waals surface area contributed by atoms with Crippen LogP contribution >= 0.6 is 0 Å². The lowest BCUT2D eigenvalue weighted by Crippen LogP contribution is -2.39. The number of rotatable bonds is 2. The van der Waals surface area contributed by atoms with Crippen molar-refractivity contribution in [2.24, 2.45) is 4.99 Å². The second kappa shape index (κ2) is 4.95. The minimum absolute atomic E-state index is 0.157. The maximum Gasteiger partial charge on any atom is 0.251 e. The number of aliphatic imine (C=N–C) groups is 1. The minimum atomic E-state index is -0.924. The van der Waals surface area contributed by atoms with Crippen molar-refractivity contribution in [2.45, 2.75) is 24.7 Å². The highest BCUT2D eigenvalue weighted by atomic mass is 19.1. The van der Waals surface area contributed by atoms with Crippen LogP contribution in [0, 0.1) is 0 Å². The van der Waals surface area contributed by atoms with Crippen LogP contribution in [0.5, 0.6) is 0 Å². The van der Waals surface area contributed by atoms with Gasteiger partial charge in [-0.3, -0.25) is 9.78 Å². The minimum Gasteiger partial charge on any atom is -0.473 e. The number of hydrogen-bond acceptors (Lipinski definition) is 4. The first-order chi connectivity index (χ1) is 9.25. The summed E-state index contributed by atoms with van der Waals surface area (Å²) in [5, 5.41) is 0. The van der Waals surface area contributed by atoms with Crippen LogP contribution < -0.4 is 0 Å². The van der Waals surface area contributed by atoms with Crippen molar-refractivity contribution in [2.75, 3.05) is 13.1 Å². The SMILES string of the molecule is O=C([C@H]1N=CO[C@@H]1c1cccnc1)N1CC[C@H](F)C1. The number of nitrogens with zero attached hydrogens (tertiary/aromatic N) is 3. The summed E-state index contributed by atoms with van der Waals surface area (Å²) >= 11 is 0. The summed E-state index contributed by atoms with van der Waals surface area (Å²) in [5.74, 6) is -0.178. The van der Waals surface area contributed by atoms with Crippen molar-refractivity contribution in [1.82, 2.24) is 9.88 Å². The molecule has 3 heterocycles. The van der Waals surface area contributed by atoms with Gasteiger partial charge in [0.2, 0.25) is 0 Å². The lowest BCUT2D eigenvalue weighted by Gasteiger charge is -2.22. The van der Waals surface area contributed by atoms with Crippen molar-refractivity contribution in [3.63, 3.8) is 0 Å². The number of carbonyl (C=O) groups is 1. The number of halogens is 1. The number of hydrogen-bond donors (Lipinski definition) is 0. The van der Waals surface area contributed by atoms with Gasteiger partial charge in [0.05, 0.1) is 6.54 Å². The lowest BCUT2D eigenvalue weighted by atomic mass is 10.0. The van der Waals surface area contributed by atoms with E-state index >= 15 is 0 Å². The number of ether oxygens (including phenoxy) is 1. The molecule has 2 aliphatic rings. The van der Waals surface area contributed by atoms with Crippen LogP contribution in [-0.2, 0) is 9.53 Å². The zero-order valence-corrected chi connectivity index (χ0v) is 10.3. The average Bonchev–Trinajstić information content (AvgIpc) is 3.07. The highest BCUT2D eigenvalue weighted by Crippen LogP contribution is 2.28. The van der Waals surface area contributed by atoms with Crippen LogP contribution in [-0.4, -0.2) is 47.5 Å². The van der Waals surface area contributed by atoms with Crippen LogP contribution in [0.1, 0.15) is 18.1 Å². The van der Waals surface area contributed by atoms with Gasteiger partial charge in [-0.25, -0.2) is 9.38 Å². The Morgan fingerprint density at radius 2 is 2.42 bits per heavy atom. The molecular weight excluding hydrogens is 249 g/mol. The molecule has 0 radical (unpaired) electrons. The van der Waals surface area contributed by atoms with E-state index in [1.165, 1.54) is 11.3 Å². The smallest absolute Gasteiger partial charge is 0.251 e. The Bertz CT molecular complexity index is 494. The van der Waals surface area contributed by atoms with Gasteiger partial charge in [0.1, 0.15) is 6.17 Å². The van der Waals surface area contributed by atoms with E-state index in [4.69, 9.17) is 4.74 Å². The molecule has 0 bridgehead atoms. The number of pyridine rings is 1. The molecule has 19 heavy (non-hydrogen) atoms. The molecule has 5 nitrogen and oxygen atoms in total. The fraction of sp³-hybridized carbons (Fsp3) is 0.462. The van der Waals surface area contributed by atoms with E-state index < -0.39 is 18.3 Å². The summed E-state index contributed by atoms with van der Waals surface area (Å²) in [6, 6.07) is 3.00. The second-order valence-corrected chi connectivity index (χ2v) is 4.71. The fourth-order valence-electron chi connectivity index (χ4n) is 2.42. The van der Waals surface area contributed by atoms with Crippen LogP contribution in [0.25, 0.3) is 0 Å². The molecule has 2 aliphatic heterocycles. The molecule has 1 fully saturated rings. The molecule has 1 aromatic rings. The lowest BCUT2D eigenvalue weighted by molar-refractivity contribution is -0.133. The number of likely N-dealkylation sites (tertiary alicyclic amines) is 1. The molecule has 1 aromatic heterocycles. The normalized spacial score (nSPS) is 29.5. The van der Waals surface area contributed by atoms with Crippen LogP contribution in [0.2, 0.25) is 0 Å². The molecule has 3 rings (SSSR count). The third kappa shape index (κ3) is 2.30. The molecule has 0 spiro atoms. The predicted molar refractivity (Wildman–Crippen MR) is 66.4 cm³/mol.